The summed E-state index contributed by atoms with van der Waals surface area (Å²) in [5.41, 5.74) is 0.337. The summed E-state index contributed by atoms with van der Waals surface area (Å²) in [5, 5.41) is 10.6. The maximum absolute atomic E-state index is 12.0. The summed E-state index contributed by atoms with van der Waals surface area (Å²) in [5.74, 6) is 0.137. The Morgan fingerprint density at radius 3 is 2.33 bits per heavy atom. The molecule has 8 nitrogen and oxygen atoms in total. The Kier molecular flexibility index (Phi) is 4.86. The van der Waals surface area contributed by atoms with Gasteiger partial charge in [0.25, 0.3) is 0 Å². The number of primary sulfonamides is 1. The molecule has 1 amide bonds. The number of anilines is 2. The lowest BCUT2D eigenvalue weighted by Crippen LogP contribution is -2.38. The number of sulfonamides is 1. The SMILES string of the molecule is CNC(=O)C(C)(C)c1ccnc(Nc2ccc(S(N)(=O)=O)cc2)n1. The normalized spacial score (nSPS) is 11.8. The van der Waals surface area contributed by atoms with Crippen molar-refractivity contribution in [1.82, 2.24) is 15.3 Å². The monoisotopic (exact) mass is 349 g/mol. The van der Waals surface area contributed by atoms with E-state index in [2.05, 4.69) is 20.6 Å². The number of benzene rings is 1. The molecule has 1 aromatic heterocycles. The third-order valence-corrected chi connectivity index (χ3v) is 4.46. The molecule has 0 saturated heterocycles. The minimum absolute atomic E-state index is 0.0171. The van der Waals surface area contributed by atoms with Gasteiger partial charge >= 0.3 is 0 Å². The minimum atomic E-state index is -3.73. The zero-order valence-electron chi connectivity index (χ0n) is 13.6. The number of nitrogens with one attached hydrogen (secondary N) is 2. The Hall–Kier alpha value is -2.52. The lowest BCUT2D eigenvalue weighted by Gasteiger charge is -2.22. The van der Waals surface area contributed by atoms with E-state index in [0.717, 1.165) is 0 Å². The third kappa shape index (κ3) is 3.87. The van der Waals surface area contributed by atoms with E-state index in [0.29, 0.717) is 17.3 Å². The molecule has 0 spiro atoms. The second kappa shape index (κ2) is 6.54. The van der Waals surface area contributed by atoms with Crippen molar-refractivity contribution in [2.24, 2.45) is 5.14 Å². The fourth-order valence-electron chi connectivity index (χ4n) is 2.05. The summed E-state index contributed by atoms with van der Waals surface area (Å²) < 4.78 is 22.5. The number of hydrogen-bond acceptors (Lipinski definition) is 6. The second-order valence-electron chi connectivity index (χ2n) is 5.66. The van der Waals surface area contributed by atoms with E-state index in [1.807, 2.05) is 0 Å². The zero-order chi connectivity index (χ0) is 18.0. The van der Waals surface area contributed by atoms with E-state index in [1.54, 1.807) is 45.3 Å². The molecule has 0 aliphatic rings. The molecule has 24 heavy (non-hydrogen) atoms. The van der Waals surface area contributed by atoms with Crippen molar-refractivity contribution in [1.29, 1.82) is 0 Å². The minimum Gasteiger partial charge on any atom is -0.358 e. The first-order chi connectivity index (χ1) is 11.1. The summed E-state index contributed by atoms with van der Waals surface area (Å²) in [4.78, 5) is 20.5. The molecule has 0 atom stereocenters. The molecule has 0 unspecified atom stereocenters. The number of aromatic nitrogens is 2. The summed E-state index contributed by atoms with van der Waals surface area (Å²) in [6.07, 6.45) is 1.55. The van der Waals surface area contributed by atoms with Crippen LogP contribution in [-0.2, 0) is 20.2 Å². The Labute approximate surface area is 140 Å². The van der Waals surface area contributed by atoms with Gasteiger partial charge in [0.05, 0.1) is 16.0 Å². The Bertz CT molecular complexity index is 848. The highest BCUT2D eigenvalue weighted by Crippen LogP contribution is 2.23. The number of carbonyl (C=O) groups is 1. The number of likely N-dealkylation sites (N-methyl/N-ethyl adjacent to an activating group) is 1. The predicted octanol–water partition coefficient (Wildman–Crippen LogP) is 0.891. The van der Waals surface area contributed by atoms with E-state index in [4.69, 9.17) is 5.14 Å². The van der Waals surface area contributed by atoms with Crippen LogP contribution in [-0.4, -0.2) is 31.3 Å². The maximum atomic E-state index is 12.0. The van der Waals surface area contributed by atoms with Gasteiger partial charge in [0.1, 0.15) is 0 Å². The molecule has 4 N–H and O–H groups in total. The summed E-state index contributed by atoms with van der Waals surface area (Å²) >= 11 is 0. The van der Waals surface area contributed by atoms with Gasteiger partial charge < -0.3 is 10.6 Å². The van der Waals surface area contributed by atoms with Crippen LogP contribution in [0.15, 0.2) is 41.4 Å². The first-order valence-electron chi connectivity index (χ1n) is 7.10. The molecule has 1 aromatic carbocycles. The predicted molar refractivity (Wildman–Crippen MR) is 90.2 cm³/mol. The first kappa shape index (κ1) is 17.8. The van der Waals surface area contributed by atoms with Crippen LogP contribution in [0.25, 0.3) is 0 Å². The molecule has 0 aliphatic carbocycles. The van der Waals surface area contributed by atoms with Gasteiger partial charge in [-0.25, -0.2) is 23.5 Å². The molecule has 0 aliphatic heterocycles. The highest BCUT2D eigenvalue weighted by molar-refractivity contribution is 7.89. The molecule has 9 heteroatoms. The van der Waals surface area contributed by atoms with Crippen LogP contribution in [0, 0.1) is 0 Å². The Balaban J connectivity index is 2.25. The van der Waals surface area contributed by atoms with Gasteiger partial charge in [-0.15, -0.1) is 0 Å². The highest BCUT2D eigenvalue weighted by Gasteiger charge is 2.30. The molecule has 0 radical (unpaired) electrons. The number of nitrogens with zero attached hydrogens (tertiary/aromatic N) is 2. The van der Waals surface area contributed by atoms with Crippen LogP contribution in [0.5, 0.6) is 0 Å². The van der Waals surface area contributed by atoms with Crippen molar-refractivity contribution in [3.63, 3.8) is 0 Å². The van der Waals surface area contributed by atoms with Crippen molar-refractivity contribution >= 4 is 27.6 Å². The zero-order valence-corrected chi connectivity index (χ0v) is 14.4. The lowest BCUT2D eigenvalue weighted by molar-refractivity contribution is -0.125. The summed E-state index contributed by atoms with van der Waals surface area (Å²) in [6, 6.07) is 7.55. The molecular formula is C15H19N5O3S. The van der Waals surface area contributed by atoms with Gasteiger partial charge in [0, 0.05) is 18.9 Å². The van der Waals surface area contributed by atoms with Gasteiger partial charge in [-0.05, 0) is 44.2 Å². The van der Waals surface area contributed by atoms with E-state index in [9.17, 15) is 13.2 Å². The van der Waals surface area contributed by atoms with E-state index in [-0.39, 0.29) is 10.8 Å². The second-order valence-corrected chi connectivity index (χ2v) is 7.23. The van der Waals surface area contributed by atoms with Crippen molar-refractivity contribution in [3.8, 4) is 0 Å². The standard InChI is InChI=1S/C15H19N5O3S/c1-15(2,13(21)17-3)12-8-9-18-14(20-12)19-10-4-6-11(7-5-10)24(16,22)23/h4-9H,1-3H3,(H,17,21)(H2,16,22,23)(H,18,19,20). The van der Waals surface area contributed by atoms with Crippen LogP contribution < -0.4 is 15.8 Å². The third-order valence-electron chi connectivity index (χ3n) is 3.53. The largest absolute Gasteiger partial charge is 0.358 e. The molecule has 0 bridgehead atoms. The lowest BCUT2D eigenvalue weighted by atomic mass is 9.88. The number of rotatable bonds is 5. The van der Waals surface area contributed by atoms with Gasteiger partial charge in [0.15, 0.2) is 0 Å². The number of hydrogen-bond donors (Lipinski definition) is 3. The fraction of sp³-hybridized carbons (Fsp3) is 0.267. The average molecular weight is 349 g/mol. The summed E-state index contributed by atoms with van der Waals surface area (Å²) in [6.45, 7) is 3.53. The van der Waals surface area contributed by atoms with Crippen molar-refractivity contribution in [3.05, 3.63) is 42.2 Å². The molecule has 128 valence electrons. The molecule has 2 rings (SSSR count). The van der Waals surface area contributed by atoms with E-state index in [1.165, 1.54) is 12.1 Å². The average Bonchev–Trinajstić information content (AvgIpc) is 2.54. The van der Waals surface area contributed by atoms with Crippen LogP contribution in [0.2, 0.25) is 0 Å². The number of nitrogens with two attached hydrogens (primary N) is 1. The highest BCUT2D eigenvalue weighted by atomic mass is 32.2. The topological polar surface area (TPSA) is 127 Å². The number of carbonyl (C=O) groups excluding carboxylic acids is 1. The molecule has 0 fully saturated rings. The van der Waals surface area contributed by atoms with Gasteiger partial charge in [-0.3, -0.25) is 4.79 Å². The van der Waals surface area contributed by atoms with Gasteiger partial charge in [-0.1, -0.05) is 0 Å². The van der Waals surface area contributed by atoms with E-state index >= 15 is 0 Å². The van der Waals surface area contributed by atoms with E-state index < -0.39 is 15.4 Å². The maximum Gasteiger partial charge on any atom is 0.238 e. The molecule has 0 saturated carbocycles. The fourth-order valence-corrected chi connectivity index (χ4v) is 2.57. The van der Waals surface area contributed by atoms with Crippen LogP contribution in [0.4, 0.5) is 11.6 Å². The van der Waals surface area contributed by atoms with Crippen LogP contribution in [0.3, 0.4) is 0 Å². The molecule has 1 heterocycles. The number of amides is 1. The van der Waals surface area contributed by atoms with Crippen LogP contribution in [0.1, 0.15) is 19.5 Å². The Morgan fingerprint density at radius 1 is 1.17 bits per heavy atom. The molecule has 2 aromatic rings. The first-order valence-corrected chi connectivity index (χ1v) is 8.65. The smallest absolute Gasteiger partial charge is 0.238 e. The van der Waals surface area contributed by atoms with Crippen molar-refractivity contribution in [2.75, 3.05) is 12.4 Å². The van der Waals surface area contributed by atoms with Crippen LogP contribution >= 0.6 is 0 Å². The summed E-state index contributed by atoms with van der Waals surface area (Å²) in [7, 11) is -2.17. The quantitative estimate of drug-likeness (QED) is 0.736. The van der Waals surface area contributed by atoms with Gasteiger partial charge in [-0.2, -0.15) is 0 Å². The van der Waals surface area contributed by atoms with Gasteiger partial charge in [0.2, 0.25) is 21.9 Å². The molecular weight excluding hydrogens is 330 g/mol. The van der Waals surface area contributed by atoms with Crippen molar-refractivity contribution in [2.45, 2.75) is 24.2 Å². The van der Waals surface area contributed by atoms with Crippen molar-refractivity contribution < 1.29 is 13.2 Å². The Morgan fingerprint density at radius 2 is 1.79 bits per heavy atom.